The van der Waals surface area contributed by atoms with Gasteiger partial charge in [-0.05, 0) is 27.2 Å². The molecule has 1 aromatic heterocycles. The van der Waals surface area contributed by atoms with Crippen molar-refractivity contribution < 1.29 is 14.3 Å². The number of aromatic nitrogens is 2. The summed E-state index contributed by atoms with van der Waals surface area (Å²) >= 11 is 0. The Kier molecular flexibility index (Phi) is 5.54. The standard InChI is InChI=1S/C13H22N4O3/c1-5-8(2)15-11(18)7-20-12(19)6-17-10(4)13(14)9(3)16-17/h8H,5-7,14H2,1-4H3,(H,15,18). The number of nitrogen functional groups attached to an aromatic ring is 1. The highest BCUT2D eigenvalue weighted by Gasteiger charge is 2.14. The van der Waals surface area contributed by atoms with Crippen LogP contribution >= 0.6 is 0 Å². The average molecular weight is 282 g/mol. The number of nitrogens with one attached hydrogen (secondary N) is 1. The van der Waals surface area contributed by atoms with Gasteiger partial charge in [0.2, 0.25) is 0 Å². The number of amides is 1. The number of hydrogen-bond acceptors (Lipinski definition) is 5. The van der Waals surface area contributed by atoms with Crippen molar-refractivity contribution in [2.75, 3.05) is 12.3 Å². The van der Waals surface area contributed by atoms with Gasteiger partial charge in [-0.3, -0.25) is 14.3 Å². The molecule has 1 rings (SSSR count). The molecule has 0 spiro atoms. The quantitative estimate of drug-likeness (QED) is 0.742. The second-order valence-electron chi connectivity index (χ2n) is 4.78. The number of ether oxygens (including phenoxy) is 1. The van der Waals surface area contributed by atoms with Gasteiger partial charge in [-0.2, -0.15) is 5.10 Å². The largest absolute Gasteiger partial charge is 0.454 e. The first-order valence-corrected chi connectivity index (χ1v) is 6.59. The van der Waals surface area contributed by atoms with E-state index in [1.165, 1.54) is 4.68 Å². The number of nitrogens with two attached hydrogens (primary N) is 1. The maximum atomic E-state index is 11.6. The summed E-state index contributed by atoms with van der Waals surface area (Å²) < 4.78 is 6.38. The lowest BCUT2D eigenvalue weighted by Crippen LogP contribution is -2.35. The molecule has 112 valence electrons. The van der Waals surface area contributed by atoms with Crippen LogP contribution in [-0.2, 0) is 20.9 Å². The summed E-state index contributed by atoms with van der Waals surface area (Å²) in [6, 6.07) is 0.0667. The summed E-state index contributed by atoms with van der Waals surface area (Å²) in [6.07, 6.45) is 0.824. The lowest BCUT2D eigenvalue weighted by atomic mass is 10.2. The third-order valence-electron chi connectivity index (χ3n) is 3.10. The minimum Gasteiger partial charge on any atom is -0.454 e. The SMILES string of the molecule is CCC(C)NC(=O)COC(=O)Cn1nc(C)c(N)c1C. The van der Waals surface area contributed by atoms with Crippen molar-refractivity contribution in [3.05, 3.63) is 11.4 Å². The minimum absolute atomic E-state index is 0.0551. The van der Waals surface area contributed by atoms with Gasteiger partial charge in [-0.15, -0.1) is 0 Å². The first-order valence-electron chi connectivity index (χ1n) is 6.59. The van der Waals surface area contributed by atoms with Gasteiger partial charge < -0.3 is 15.8 Å². The Morgan fingerprint density at radius 1 is 1.45 bits per heavy atom. The molecule has 0 aromatic carbocycles. The van der Waals surface area contributed by atoms with Crippen molar-refractivity contribution >= 4 is 17.6 Å². The van der Waals surface area contributed by atoms with E-state index in [2.05, 4.69) is 10.4 Å². The first kappa shape index (κ1) is 16.0. The number of esters is 1. The molecular weight excluding hydrogens is 260 g/mol. The molecule has 1 amide bonds. The van der Waals surface area contributed by atoms with E-state index in [1.54, 1.807) is 13.8 Å². The van der Waals surface area contributed by atoms with Crippen molar-refractivity contribution in [1.82, 2.24) is 15.1 Å². The minimum atomic E-state index is -0.519. The maximum absolute atomic E-state index is 11.6. The number of anilines is 1. The first-order chi connectivity index (χ1) is 9.35. The van der Waals surface area contributed by atoms with Crippen LogP contribution in [0, 0.1) is 13.8 Å². The van der Waals surface area contributed by atoms with E-state index in [0.717, 1.165) is 6.42 Å². The molecule has 7 nitrogen and oxygen atoms in total. The fourth-order valence-corrected chi connectivity index (χ4v) is 1.60. The Balaban J connectivity index is 2.44. The molecule has 7 heteroatoms. The Bertz CT molecular complexity index is 496. The van der Waals surface area contributed by atoms with Crippen LogP contribution in [0.1, 0.15) is 31.7 Å². The molecule has 0 bridgehead atoms. The molecule has 1 unspecified atom stereocenters. The molecule has 0 saturated carbocycles. The van der Waals surface area contributed by atoms with Crippen molar-refractivity contribution in [3.63, 3.8) is 0 Å². The summed E-state index contributed by atoms with van der Waals surface area (Å²) in [4.78, 5) is 23.1. The van der Waals surface area contributed by atoms with Crippen molar-refractivity contribution in [2.45, 2.75) is 46.7 Å². The Hall–Kier alpha value is -2.05. The maximum Gasteiger partial charge on any atom is 0.328 e. The van der Waals surface area contributed by atoms with Crippen LogP contribution in [0.4, 0.5) is 5.69 Å². The predicted octanol–water partition coefficient (Wildman–Crippen LogP) is 0.540. The van der Waals surface area contributed by atoms with E-state index in [4.69, 9.17) is 10.5 Å². The second-order valence-corrected chi connectivity index (χ2v) is 4.78. The van der Waals surface area contributed by atoms with E-state index in [-0.39, 0.29) is 25.1 Å². The fraction of sp³-hybridized carbons (Fsp3) is 0.615. The van der Waals surface area contributed by atoms with Gasteiger partial charge in [0.05, 0.1) is 17.1 Å². The van der Waals surface area contributed by atoms with Gasteiger partial charge in [-0.25, -0.2) is 0 Å². The van der Waals surface area contributed by atoms with E-state index in [9.17, 15) is 9.59 Å². The molecule has 20 heavy (non-hydrogen) atoms. The highest BCUT2D eigenvalue weighted by atomic mass is 16.5. The molecule has 3 N–H and O–H groups in total. The predicted molar refractivity (Wildman–Crippen MR) is 75.0 cm³/mol. The lowest BCUT2D eigenvalue weighted by Gasteiger charge is -2.11. The van der Waals surface area contributed by atoms with Gasteiger partial charge >= 0.3 is 5.97 Å². The summed E-state index contributed by atoms with van der Waals surface area (Å²) in [5, 5.41) is 6.84. The molecule has 1 atom stereocenters. The molecule has 0 aliphatic carbocycles. The average Bonchev–Trinajstić information content (AvgIpc) is 2.64. The zero-order chi connectivity index (χ0) is 15.3. The summed E-state index contributed by atoms with van der Waals surface area (Å²) in [5.41, 5.74) is 7.72. The Morgan fingerprint density at radius 3 is 2.60 bits per heavy atom. The molecule has 0 aliphatic heterocycles. The monoisotopic (exact) mass is 282 g/mol. The van der Waals surface area contributed by atoms with E-state index in [1.807, 2.05) is 13.8 Å². The van der Waals surface area contributed by atoms with Crippen LogP contribution in [0.25, 0.3) is 0 Å². The number of hydrogen-bond donors (Lipinski definition) is 2. The molecule has 0 aliphatic rings. The van der Waals surface area contributed by atoms with Crippen molar-refractivity contribution in [2.24, 2.45) is 0 Å². The third kappa shape index (κ3) is 4.25. The van der Waals surface area contributed by atoms with E-state index < -0.39 is 5.97 Å². The van der Waals surface area contributed by atoms with Crippen molar-refractivity contribution in [3.8, 4) is 0 Å². The van der Waals surface area contributed by atoms with E-state index >= 15 is 0 Å². The van der Waals surface area contributed by atoms with Crippen LogP contribution in [0.15, 0.2) is 0 Å². The second kappa shape index (κ2) is 6.93. The number of nitrogens with zero attached hydrogens (tertiary/aromatic N) is 2. The molecule has 1 heterocycles. The topological polar surface area (TPSA) is 99.2 Å². The number of aryl methyl sites for hydroxylation is 1. The Morgan fingerprint density at radius 2 is 2.10 bits per heavy atom. The lowest BCUT2D eigenvalue weighted by molar-refractivity contribution is -0.149. The molecular formula is C13H22N4O3. The van der Waals surface area contributed by atoms with Gasteiger partial charge in [-0.1, -0.05) is 6.92 Å². The van der Waals surface area contributed by atoms with E-state index in [0.29, 0.717) is 17.1 Å². The summed E-state index contributed by atoms with van der Waals surface area (Å²) in [6.45, 7) is 7.06. The van der Waals surface area contributed by atoms with Crippen LogP contribution < -0.4 is 11.1 Å². The highest BCUT2D eigenvalue weighted by molar-refractivity contribution is 5.80. The molecule has 1 aromatic rings. The van der Waals surface area contributed by atoms with Crippen LogP contribution in [-0.4, -0.2) is 34.3 Å². The molecule has 0 saturated heterocycles. The van der Waals surface area contributed by atoms with Crippen LogP contribution in [0.2, 0.25) is 0 Å². The normalized spacial score (nSPS) is 12.0. The Labute approximate surface area is 118 Å². The smallest absolute Gasteiger partial charge is 0.328 e. The van der Waals surface area contributed by atoms with Gasteiger partial charge in [0, 0.05) is 6.04 Å². The number of carbonyl (C=O) groups excluding carboxylic acids is 2. The summed E-state index contributed by atoms with van der Waals surface area (Å²) in [5.74, 6) is -0.824. The van der Waals surface area contributed by atoms with Crippen molar-refractivity contribution in [1.29, 1.82) is 0 Å². The number of rotatable bonds is 6. The van der Waals surface area contributed by atoms with Crippen LogP contribution in [0.5, 0.6) is 0 Å². The van der Waals surface area contributed by atoms with Gasteiger partial charge in [0.1, 0.15) is 6.54 Å². The zero-order valence-electron chi connectivity index (χ0n) is 12.4. The van der Waals surface area contributed by atoms with Gasteiger partial charge in [0.25, 0.3) is 5.91 Å². The molecule has 0 fully saturated rings. The number of carbonyl (C=O) groups is 2. The fourth-order valence-electron chi connectivity index (χ4n) is 1.60. The summed E-state index contributed by atoms with van der Waals surface area (Å²) in [7, 11) is 0. The van der Waals surface area contributed by atoms with Gasteiger partial charge in [0.15, 0.2) is 6.61 Å². The zero-order valence-corrected chi connectivity index (χ0v) is 12.4. The highest BCUT2D eigenvalue weighted by Crippen LogP contribution is 2.14. The third-order valence-corrected chi connectivity index (χ3v) is 3.10. The molecule has 0 radical (unpaired) electrons. The van der Waals surface area contributed by atoms with Crippen LogP contribution in [0.3, 0.4) is 0 Å².